The highest BCUT2D eigenvalue weighted by atomic mass is 16.6. The maximum absolute atomic E-state index is 10.3. The minimum absolute atomic E-state index is 0.115. The highest BCUT2D eigenvalue weighted by molar-refractivity contribution is 5.53. The van der Waals surface area contributed by atoms with E-state index in [0.29, 0.717) is 6.42 Å². The van der Waals surface area contributed by atoms with Crippen LogP contribution in [0.3, 0.4) is 0 Å². The first-order valence-electron chi connectivity index (χ1n) is 6.91. The summed E-state index contributed by atoms with van der Waals surface area (Å²) in [4.78, 5) is 9.82. The zero-order valence-electron chi connectivity index (χ0n) is 13.0. The minimum atomic E-state index is -0.512. The van der Waals surface area contributed by atoms with Crippen LogP contribution < -0.4 is 0 Å². The van der Waals surface area contributed by atoms with Crippen LogP contribution in [-0.4, -0.2) is 4.92 Å². The molecule has 0 radical (unpaired) electrons. The lowest BCUT2D eigenvalue weighted by Gasteiger charge is -1.96. The smallest absolute Gasteiger partial charge is 0.258 e. The van der Waals surface area contributed by atoms with E-state index in [1.54, 1.807) is 6.08 Å². The van der Waals surface area contributed by atoms with Crippen LogP contribution in [0.5, 0.6) is 0 Å². The molecule has 0 N–H and O–H groups in total. The third kappa shape index (κ3) is 8.37. The van der Waals surface area contributed by atoms with Gasteiger partial charge in [0.05, 0.1) is 4.92 Å². The molecule has 0 saturated carbocycles. The second-order valence-electron chi connectivity index (χ2n) is 4.26. The average molecular weight is 285 g/mol. The van der Waals surface area contributed by atoms with Gasteiger partial charge in [0.2, 0.25) is 0 Å². The van der Waals surface area contributed by atoms with Gasteiger partial charge < -0.3 is 0 Å². The molecule has 21 heavy (non-hydrogen) atoms. The summed E-state index contributed by atoms with van der Waals surface area (Å²) in [5.74, 6) is 0. The molecule has 0 aliphatic heterocycles. The van der Waals surface area contributed by atoms with Crippen molar-refractivity contribution < 1.29 is 4.92 Å². The Morgan fingerprint density at radius 1 is 1.19 bits per heavy atom. The van der Waals surface area contributed by atoms with Gasteiger partial charge in [0.15, 0.2) is 0 Å². The van der Waals surface area contributed by atoms with Crippen molar-refractivity contribution in [3.63, 3.8) is 0 Å². The molecule has 3 nitrogen and oxygen atoms in total. The summed E-state index contributed by atoms with van der Waals surface area (Å²) in [6, 6.07) is 8.15. The number of nitrogens with zero attached hydrogens (tertiary/aromatic N) is 1. The van der Waals surface area contributed by atoms with Crippen LogP contribution in [0.15, 0.2) is 66.9 Å². The van der Waals surface area contributed by atoms with Crippen LogP contribution in [0.25, 0.3) is 6.08 Å². The molecule has 0 atom stereocenters. The summed E-state index contributed by atoms with van der Waals surface area (Å²) in [5, 5.41) is 10.3. The van der Waals surface area contributed by atoms with E-state index in [1.165, 1.54) is 11.6 Å². The van der Waals surface area contributed by atoms with Crippen molar-refractivity contribution in [2.75, 3.05) is 0 Å². The van der Waals surface area contributed by atoms with Crippen molar-refractivity contribution in [1.29, 1.82) is 0 Å². The van der Waals surface area contributed by atoms with Crippen LogP contribution >= 0.6 is 0 Å². The predicted molar refractivity (Wildman–Crippen MR) is 90.6 cm³/mol. The molecule has 112 valence electrons. The Morgan fingerprint density at radius 3 is 2.29 bits per heavy atom. The van der Waals surface area contributed by atoms with E-state index in [1.807, 2.05) is 57.2 Å². The first-order valence-corrected chi connectivity index (χ1v) is 6.91. The van der Waals surface area contributed by atoms with Gasteiger partial charge in [0.1, 0.15) is 0 Å². The zero-order valence-corrected chi connectivity index (χ0v) is 13.0. The van der Waals surface area contributed by atoms with Crippen molar-refractivity contribution in [3.05, 3.63) is 88.2 Å². The normalized spacial score (nSPS) is 10.2. The van der Waals surface area contributed by atoms with E-state index >= 15 is 0 Å². The monoisotopic (exact) mass is 285 g/mol. The largest absolute Gasteiger partial charge is 0.262 e. The quantitative estimate of drug-likeness (QED) is 0.403. The van der Waals surface area contributed by atoms with Gasteiger partial charge in [-0.05, 0) is 25.5 Å². The third-order valence-corrected chi connectivity index (χ3v) is 2.51. The van der Waals surface area contributed by atoms with Gasteiger partial charge >= 0.3 is 0 Å². The van der Waals surface area contributed by atoms with Crippen molar-refractivity contribution in [2.45, 2.75) is 27.2 Å². The number of aryl methyl sites for hydroxylation is 1. The Hall–Kier alpha value is -2.42. The van der Waals surface area contributed by atoms with E-state index in [-0.39, 0.29) is 5.70 Å². The fourth-order valence-corrected chi connectivity index (χ4v) is 1.37. The maximum Gasteiger partial charge on any atom is 0.262 e. The molecule has 0 bridgehead atoms. The molecule has 1 aromatic rings. The van der Waals surface area contributed by atoms with Crippen LogP contribution in [0.4, 0.5) is 0 Å². The lowest BCUT2D eigenvalue weighted by Crippen LogP contribution is -1.92. The van der Waals surface area contributed by atoms with Gasteiger partial charge in [-0.25, -0.2) is 0 Å². The molecule has 0 aliphatic rings. The first-order chi connectivity index (χ1) is 9.99. The molecular weight excluding hydrogens is 262 g/mol. The number of benzene rings is 1. The van der Waals surface area contributed by atoms with E-state index < -0.39 is 4.92 Å². The SMILES string of the molecule is C=C(/C=C/c1ccc(C)cc1)C/C=C\C(=C)[N+](=O)[O-].CC. The number of nitro groups is 1. The number of hydrogen-bond acceptors (Lipinski definition) is 2. The minimum Gasteiger partial charge on any atom is -0.258 e. The van der Waals surface area contributed by atoms with Crippen LogP contribution in [0.2, 0.25) is 0 Å². The molecule has 1 aromatic carbocycles. The summed E-state index contributed by atoms with van der Waals surface area (Å²) >= 11 is 0. The maximum atomic E-state index is 10.3. The van der Waals surface area contributed by atoms with Gasteiger partial charge in [0, 0.05) is 6.08 Å². The average Bonchev–Trinajstić information content (AvgIpc) is 2.48. The van der Waals surface area contributed by atoms with Crippen molar-refractivity contribution >= 4 is 6.08 Å². The van der Waals surface area contributed by atoms with Crippen molar-refractivity contribution in [1.82, 2.24) is 0 Å². The molecule has 0 heterocycles. The van der Waals surface area contributed by atoms with E-state index in [9.17, 15) is 10.1 Å². The summed E-state index contributed by atoms with van der Waals surface area (Å²) in [6.07, 6.45) is 7.52. The molecule has 1 rings (SSSR count). The first kappa shape index (κ1) is 18.6. The van der Waals surface area contributed by atoms with E-state index in [4.69, 9.17) is 0 Å². The van der Waals surface area contributed by atoms with Crippen molar-refractivity contribution in [2.24, 2.45) is 0 Å². The van der Waals surface area contributed by atoms with Crippen LogP contribution in [-0.2, 0) is 0 Å². The third-order valence-electron chi connectivity index (χ3n) is 2.51. The Labute approximate surface area is 127 Å². The number of allylic oxidation sites excluding steroid dienone is 4. The van der Waals surface area contributed by atoms with Crippen LogP contribution in [0.1, 0.15) is 31.4 Å². The second kappa shape index (κ2) is 10.4. The molecule has 0 saturated heterocycles. The zero-order chi connectivity index (χ0) is 16.3. The Balaban J connectivity index is 0.00000191. The predicted octanol–water partition coefficient (Wildman–Crippen LogP) is 5.33. The van der Waals surface area contributed by atoms with Gasteiger partial charge in [-0.2, -0.15) is 0 Å². The summed E-state index contributed by atoms with van der Waals surface area (Å²) in [5.41, 5.74) is 3.09. The molecular formula is C18H23NO2. The fourth-order valence-electron chi connectivity index (χ4n) is 1.37. The molecule has 3 heteroatoms. The fraction of sp³-hybridized carbons (Fsp3) is 0.222. The lowest BCUT2D eigenvalue weighted by atomic mass is 10.1. The summed E-state index contributed by atoms with van der Waals surface area (Å²) in [7, 11) is 0. The Kier molecular flexibility index (Phi) is 9.18. The molecule has 0 aromatic heterocycles. The summed E-state index contributed by atoms with van der Waals surface area (Å²) < 4.78 is 0. The molecule has 0 aliphatic carbocycles. The Morgan fingerprint density at radius 2 is 1.76 bits per heavy atom. The number of hydrogen-bond donors (Lipinski definition) is 0. The van der Waals surface area contributed by atoms with Gasteiger partial charge in [-0.15, -0.1) is 0 Å². The molecule has 0 unspecified atom stereocenters. The molecule has 0 amide bonds. The highest BCUT2D eigenvalue weighted by Gasteiger charge is 1.98. The molecule has 0 fully saturated rings. The van der Waals surface area contributed by atoms with Gasteiger partial charge in [0.25, 0.3) is 5.70 Å². The van der Waals surface area contributed by atoms with Crippen LogP contribution in [0, 0.1) is 17.0 Å². The van der Waals surface area contributed by atoms with E-state index in [0.717, 1.165) is 11.1 Å². The van der Waals surface area contributed by atoms with Crippen molar-refractivity contribution in [3.8, 4) is 0 Å². The van der Waals surface area contributed by atoms with Gasteiger partial charge in [-0.1, -0.05) is 74.1 Å². The topological polar surface area (TPSA) is 43.1 Å². The lowest BCUT2D eigenvalue weighted by molar-refractivity contribution is -0.418. The van der Waals surface area contributed by atoms with E-state index in [2.05, 4.69) is 13.2 Å². The molecule has 0 spiro atoms. The summed E-state index contributed by atoms with van der Waals surface area (Å²) in [6.45, 7) is 13.3. The second-order valence-corrected chi connectivity index (χ2v) is 4.26. The Bertz CT molecular complexity index is 537. The standard InChI is InChI=1S/C16H17NO2.C2H6/c1-13(5-4-6-15(3)17(18)19)7-10-16-11-8-14(2)9-12-16;1-2/h4,6-12H,1,3,5H2,2H3;1-2H3/b6-4-,10-7+;. The number of rotatable bonds is 6. The highest BCUT2D eigenvalue weighted by Crippen LogP contribution is 2.09. The van der Waals surface area contributed by atoms with Gasteiger partial charge in [-0.3, -0.25) is 10.1 Å².